The Labute approximate surface area is 83.1 Å². The van der Waals surface area contributed by atoms with E-state index in [0.29, 0.717) is 0 Å². The Morgan fingerprint density at radius 3 is 2.64 bits per heavy atom. The monoisotopic (exact) mass is 191 g/mol. The molecule has 1 aromatic heterocycles. The quantitative estimate of drug-likeness (QED) is 0.707. The van der Waals surface area contributed by atoms with E-state index in [1.807, 2.05) is 14.0 Å². The number of nitrogens with zero attached hydrogens (tertiary/aromatic N) is 3. The van der Waals surface area contributed by atoms with Gasteiger partial charge < -0.3 is 4.74 Å². The van der Waals surface area contributed by atoms with Crippen LogP contribution in [0.15, 0.2) is 0 Å². The second-order valence-electron chi connectivity index (χ2n) is 3.79. The van der Waals surface area contributed by atoms with Crippen molar-refractivity contribution in [3.63, 3.8) is 0 Å². The minimum absolute atomic E-state index is 0.316. The highest BCUT2D eigenvalue weighted by Gasteiger charge is 2.49. The summed E-state index contributed by atoms with van der Waals surface area (Å²) in [6, 6.07) is 2.36. The Balaban J connectivity index is 2.58. The first-order valence-electron chi connectivity index (χ1n) is 4.64. The number of aromatic nitrogens is 2. The zero-order chi connectivity index (χ0) is 10.3. The Morgan fingerprint density at radius 2 is 2.21 bits per heavy atom. The van der Waals surface area contributed by atoms with Crippen molar-refractivity contribution < 1.29 is 4.74 Å². The smallest absolute Gasteiger partial charge is 0.216 e. The lowest BCUT2D eigenvalue weighted by Gasteiger charge is -2.07. The van der Waals surface area contributed by atoms with Crippen LogP contribution < -0.4 is 4.74 Å². The zero-order valence-corrected chi connectivity index (χ0v) is 8.66. The number of nitriles is 1. The topological polar surface area (TPSA) is 50.8 Å². The average molecular weight is 191 g/mol. The first-order valence-corrected chi connectivity index (χ1v) is 4.64. The number of ether oxygens (including phenoxy) is 1. The van der Waals surface area contributed by atoms with Crippen LogP contribution in [0.1, 0.15) is 24.1 Å². The lowest BCUT2D eigenvalue weighted by Crippen LogP contribution is -2.06. The summed E-state index contributed by atoms with van der Waals surface area (Å²) in [6.45, 7) is 1.93. The third kappa shape index (κ3) is 1.02. The number of aryl methyl sites for hydroxylation is 2. The van der Waals surface area contributed by atoms with E-state index in [0.717, 1.165) is 30.0 Å². The van der Waals surface area contributed by atoms with Crippen LogP contribution in [-0.2, 0) is 12.5 Å². The van der Waals surface area contributed by atoms with Crippen molar-refractivity contribution in [3.8, 4) is 11.9 Å². The van der Waals surface area contributed by atoms with Crippen LogP contribution in [0.4, 0.5) is 0 Å². The molecular formula is C10H13N3O. The molecule has 74 valence electrons. The molecule has 4 nitrogen and oxygen atoms in total. The minimum atomic E-state index is -0.316. The molecule has 0 aromatic carbocycles. The van der Waals surface area contributed by atoms with E-state index in [9.17, 15) is 0 Å². The van der Waals surface area contributed by atoms with Crippen molar-refractivity contribution in [2.75, 3.05) is 7.11 Å². The summed E-state index contributed by atoms with van der Waals surface area (Å²) in [7, 11) is 3.45. The molecule has 0 radical (unpaired) electrons. The van der Waals surface area contributed by atoms with Gasteiger partial charge in [0.2, 0.25) is 5.88 Å². The van der Waals surface area contributed by atoms with Gasteiger partial charge in [0.1, 0.15) is 0 Å². The van der Waals surface area contributed by atoms with Crippen LogP contribution in [0.25, 0.3) is 0 Å². The van der Waals surface area contributed by atoms with Crippen molar-refractivity contribution in [2.45, 2.75) is 25.2 Å². The molecule has 0 saturated heterocycles. The van der Waals surface area contributed by atoms with Crippen LogP contribution >= 0.6 is 0 Å². The van der Waals surface area contributed by atoms with Gasteiger partial charge in [0.25, 0.3) is 0 Å². The molecule has 1 aliphatic rings. The predicted octanol–water partition coefficient (Wildman–Crippen LogP) is 1.29. The Morgan fingerprint density at radius 1 is 1.57 bits per heavy atom. The fourth-order valence-electron chi connectivity index (χ4n) is 1.96. The normalized spacial score (nSPS) is 17.6. The van der Waals surface area contributed by atoms with Crippen molar-refractivity contribution in [2.24, 2.45) is 7.05 Å². The third-order valence-electron chi connectivity index (χ3n) is 2.81. The highest BCUT2D eigenvalue weighted by atomic mass is 16.5. The number of methoxy groups -OCH3 is 1. The van der Waals surface area contributed by atoms with E-state index in [4.69, 9.17) is 10.00 Å². The average Bonchev–Trinajstić information content (AvgIpc) is 2.88. The molecule has 0 amide bonds. The summed E-state index contributed by atoms with van der Waals surface area (Å²) < 4.78 is 6.97. The van der Waals surface area contributed by atoms with Gasteiger partial charge in [-0.1, -0.05) is 0 Å². The lowest BCUT2D eigenvalue weighted by atomic mass is 9.98. The largest absolute Gasteiger partial charge is 0.481 e. The molecule has 0 aliphatic heterocycles. The maximum Gasteiger partial charge on any atom is 0.216 e. The molecule has 1 saturated carbocycles. The molecule has 0 spiro atoms. The molecule has 1 aliphatic carbocycles. The molecule has 0 atom stereocenters. The molecule has 0 N–H and O–H groups in total. The third-order valence-corrected chi connectivity index (χ3v) is 2.81. The van der Waals surface area contributed by atoms with E-state index in [1.165, 1.54) is 0 Å². The fourth-order valence-corrected chi connectivity index (χ4v) is 1.96. The van der Waals surface area contributed by atoms with E-state index >= 15 is 0 Å². The molecule has 0 bridgehead atoms. The Kier molecular flexibility index (Phi) is 1.78. The van der Waals surface area contributed by atoms with Crippen molar-refractivity contribution in [1.82, 2.24) is 9.78 Å². The number of hydrogen-bond donors (Lipinski definition) is 0. The van der Waals surface area contributed by atoms with Gasteiger partial charge >= 0.3 is 0 Å². The predicted molar refractivity (Wildman–Crippen MR) is 51.0 cm³/mol. The molecule has 1 heterocycles. The van der Waals surface area contributed by atoms with E-state index in [1.54, 1.807) is 11.8 Å². The summed E-state index contributed by atoms with van der Waals surface area (Å²) >= 11 is 0. The van der Waals surface area contributed by atoms with Crippen LogP contribution in [0.3, 0.4) is 0 Å². The lowest BCUT2D eigenvalue weighted by molar-refractivity contribution is 0.367. The summed E-state index contributed by atoms with van der Waals surface area (Å²) in [5.41, 5.74) is 1.57. The SMILES string of the molecule is COc1c(C2(C#N)CC2)c(C)nn1C. The zero-order valence-electron chi connectivity index (χ0n) is 8.66. The van der Waals surface area contributed by atoms with Crippen molar-refractivity contribution in [3.05, 3.63) is 11.3 Å². The van der Waals surface area contributed by atoms with Gasteiger partial charge in [-0.25, -0.2) is 4.68 Å². The second kappa shape index (κ2) is 2.74. The highest BCUT2D eigenvalue weighted by molar-refractivity contribution is 5.47. The Hall–Kier alpha value is -1.50. The number of hydrogen-bond acceptors (Lipinski definition) is 3. The first kappa shape index (κ1) is 9.07. The summed E-state index contributed by atoms with van der Waals surface area (Å²) in [6.07, 6.45) is 1.85. The molecular weight excluding hydrogens is 178 g/mol. The standard InChI is InChI=1S/C10H13N3O/c1-7-8(10(6-11)4-5-10)9(14-3)13(2)12-7/h4-5H2,1-3H3. The van der Waals surface area contributed by atoms with Gasteiger partial charge in [0.05, 0.1) is 29.9 Å². The molecule has 1 aromatic rings. The number of rotatable bonds is 2. The molecule has 2 rings (SSSR count). The Bertz CT molecular complexity index is 410. The van der Waals surface area contributed by atoms with E-state index in [2.05, 4.69) is 11.2 Å². The van der Waals surface area contributed by atoms with E-state index in [-0.39, 0.29) is 5.41 Å². The summed E-state index contributed by atoms with van der Waals surface area (Å²) in [4.78, 5) is 0. The van der Waals surface area contributed by atoms with Gasteiger partial charge in [0, 0.05) is 7.05 Å². The molecule has 0 unspecified atom stereocenters. The van der Waals surface area contributed by atoms with Crippen molar-refractivity contribution >= 4 is 0 Å². The molecule has 14 heavy (non-hydrogen) atoms. The van der Waals surface area contributed by atoms with Gasteiger partial charge in [-0.15, -0.1) is 0 Å². The molecule has 4 heteroatoms. The molecule has 1 fully saturated rings. The second-order valence-corrected chi connectivity index (χ2v) is 3.79. The van der Waals surface area contributed by atoms with Crippen LogP contribution in [-0.4, -0.2) is 16.9 Å². The van der Waals surface area contributed by atoms with E-state index < -0.39 is 0 Å². The maximum absolute atomic E-state index is 9.12. The van der Waals surface area contributed by atoms with Gasteiger partial charge in [0.15, 0.2) is 0 Å². The van der Waals surface area contributed by atoms with Crippen LogP contribution in [0.5, 0.6) is 5.88 Å². The highest BCUT2D eigenvalue weighted by Crippen LogP contribution is 2.51. The van der Waals surface area contributed by atoms with Crippen LogP contribution in [0.2, 0.25) is 0 Å². The summed E-state index contributed by atoms with van der Waals surface area (Å²) in [5.74, 6) is 0.724. The maximum atomic E-state index is 9.12. The van der Waals surface area contributed by atoms with Gasteiger partial charge in [-0.3, -0.25) is 0 Å². The fraction of sp³-hybridized carbons (Fsp3) is 0.600. The van der Waals surface area contributed by atoms with Gasteiger partial charge in [-0.2, -0.15) is 10.4 Å². The van der Waals surface area contributed by atoms with Crippen LogP contribution in [0, 0.1) is 18.3 Å². The first-order chi connectivity index (χ1) is 6.64. The minimum Gasteiger partial charge on any atom is -0.481 e. The summed E-state index contributed by atoms with van der Waals surface area (Å²) in [5, 5.41) is 13.4. The van der Waals surface area contributed by atoms with Crippen molar-refractivity contribution in [1.29, 1.82) is 5.26 Å². The van der Waals surface area contributed by atoms with Gasteiger partial charge in [-0.05, 0) is 19.8 Å².